The molecular formula is C12H27ClO3Si. The Balaban J connectivity index is 4.39. The van der Waals surface area contributed by atoms with Gasteiger partial charge in [-0.25, -0.2) is 0 Å². The lowest BCUT2D eigenvalue weighted by molar-refractivity contribution is 0.0591. The van der Waals surface area contributed by atoms with E-state index < -0.39 is 8.80 Å². The predicted octanol–water partition coefficient (Wildman–Crippen LogP) is 3.83. The van der Waals surface area contributed by atoms with E-state index in [1.54, 1.807) is 0 Å². The van der Waals surface area contributed by atoms with Crippen LogP contribution in [0.4, 0.5) is 0 Å². The van der Waals surface area contributed by atoms with Gasteiger partial charge in [-0.15, -0.1) is 11.6 Å². The van der Waals surface area contributed by atoms with Crippen molar-refractivity contribution in [3.05, 3.63) is 0 Å². The van der Waals surface area contributed by atoms with Crippen LogP contribution in [0.15, 0.2) is 0 Å². The Morgan fingerprint density at radius 2 is 1.24 bits per heavy atom. The summed E-state index contributed by atoms with van der Waals surface area (Å²) in [5, 5.41) is 0. The maximum absolute atomic E-state index is 5.92. The summed E-state index contributed by atoms with van der Waals surface area (Å²) in [5.41, 5.74) is 0. The lowest BCUT2D eigenvalue weighted by atomic mass is 10.5. The number of rotatable bonds is 12. The van der Waals surface area contributed by atoms with Gasteiger partial charge in [0.05, 0.1) is 0 Å². The summed E-state index contributed by atoms with van der Waals surface area (Å²) in [7, 11) is -2.46. The standard InChI is InChI=1S/C12H27ClO3Si/c1-4-9-14-17(12-7-8-13,15-10-5-2)16-11-6-3/h4-12H2,1-3H3. The van der Waals surface area contributed by atoms with Crippen LogP contribution in [0, 0.1) is 0 Å². The van der Waals surface area contributed by atoms with Crippen molar-refractivity contribution in [2.75, 3.05) is 25.7 Å². The van der Waals surface area contributed by atoms with Crippen molar-refractivity contribution in [2.45, 2.75) is 52.5 Å². The number of hydrogen-bond donors (Lipinski definition) is 0. The lowest BCUT2D eigenvalue weighted by Gasteiger charge is -2.29. The monoisotopic (exact) mass is 282 g/mol. The minimum Gasteiger partial charge on any atom is -0.373 e. The summed E-state index contributed by atoms with van der Waals surface area (Å²) in [6.45, 7) is 8.42. The number of alkyl halides is 1. The Kier molecular flexibility index (Phi) is 11.7. The van der Waals surface area contributed by atoms with Gasteiger partial charge in [0.2, 0.25) is 0 Å². The van der Waals surface area contributed by atoms with Crippen molar-refractivity contribution in [1.29, 1.82) is 0 Å². The zero-order chi connectivity index (χ0) is 13.0. The molecule has 0 aliphatic heterocycles. The van der Waals surface area contributed by atoms with Crippen molar-refractivity contribution in [3.63, 3.8) is 0 Å². The average molecular weight is 283 g/mol. The first-order valence-electron chi connectivity index (χ1n) is 6.72. The first-order chi connectivity index (χ1) is 8.24. The van der Waals surface area contributed by atoms with E-state index in [0.717, 1.165) is 31.7 Å². The molecule has 0 bridgehead atoms. The van der Waals surface area contributed by atoms with Gasteiger partial charge < -0.3 is 13.3 Å². The highest BCUT2D eigenvalue weighted by Gasteiger charge is 2.40. The smallest absolute Gasteiger partial charge is 0.373 e. The lowest BCUT2D eigenvalue weighted by Crippen LogP contribution is -2.46. The normalized spacial score (nSPS) is 12.0. The highest BCUT2D eigenvalue weighted by atomic mass is 35.5. The molecule has 0 saturated heterocycles. The van der Waals surface area contributed by atoms with Gasteiger partial charge in [-0.1, -0.05) is 20.8 Å². The Morgan fingerprint density at radius 1 is 0.824 bits per heavy atom. The summed E-state index contributed by atoms with van der Waals surface area (Å²) < 4.78 is 17.8. The van der Waals surface area contributed by atoms with E-state index in [1.807, 2.05) is 0 Å². The Morgan fingerprint density at radius 3 is 1.53 bits per heavy atom. The van der Waals surface area contributed by atoms with Crippen LogP contribution in [-0.2, 0) is 13.3 Å². The summed E-state index contributed by atoms with van der Waals surface area (Å²) in [6.07, 6.45) is 3.85. The minimum atomic E-state index is -2.46. The molecule has 0 aromatic rings. The Hall–Kier alpha value is 0.387. The van der Waals surface area contributed by atoms with Crippen LogP contribution in [0.3, 0.4) is 0 Å². The highest BCUT2D eigenvalue weighted by Crippen LogP contribution is 2.19. The van der Waals surface area contributed by atoms with Crippen LogP contribution in [0.2, 0.25) is 6.04 Å². The summed E-state index contributed by atoms with van der Waals surface area (Å²) >= 11 is 5.77. The number of hydrogen-bond acceptors (Lipinski definition) is 3. The van der Waals surface area contributed by atoms with Gasteiger partial charge in [0.15, 0.2) is 0 Å². The summed E-state index contributed by atoms with van der Waals surface area (Å²) in [4.78, 5) is 0. The third-order valence-corrected chi connectivity index (χ3v) is 5.36. The second kappa shape index (κ2) is 11.5. The number of halogens is 1. The second-order valence-electron chi connectivity index (χ2n) is 4.02. The van der Waals surface area contributed by atoms with Crippen LogP contribution in [-0.4, -0.2) is 34.5 Å². The predicted molar refractivity (Wildman–Crippen MR) is 74.6 cm³/mol. The fourth-order valence-electron chi connectivity index (χ4n) is 1.40. The average Bonchev–Trinajstić information content (AvgIpc) is 2.37. The molecule has 0 spiro atoms. The largest absolute Gasteiger partial charge is 0.500 e. The third-order valence-electron chi connectivity index (χ3n) is 2.19. The molecule has 17 heavy (non-hydrogen) atoms. The van der Waals surface area contributed by atoms with Crippen molar-refractivity contribution in [1.82, 2.24) is 0 Å². The first-order valence-corrected chi connectivity index (χ1v) is 9.19. The van der Waals surface area contributed by atoms with Crippen LogP contribution in [0.1, 0.15) is 46.5 Å². The van der Waals surface area contributed by atoms with Gasteiger partial charge >= 0.3 is 8.80 Å². The molecule has 0 heterocycles. The van der Waals surface area contributed by atoms with Gasteiger partial charge in [-0.05, 0) is 25.7 Å². The van der Waals surface area contributed by atoms with Gasteiger partial charge in [-0.3, -0.25) is 0 Å². The van der Waals surface area contributed by atoms with E-state index in [0.29, 0.717) is 25.7 Å². The van der Waals surface area contributed by atoms with Crippen molar-refractivity contribution >= 4 is 20.4 Å². The molecular weight excluding hydrogens is 256 g/mol. The van der Waals surface area contributed by atoms with Crippen molar-refractivity contribution in [2.24, 2.45) is 0 Å². The van der Waals surface area contributed by atoms with E-state index in [2.05, 4.69) is 20.8 Å². The molecule has 0 rings (SSSR count). The van der Waals surface area contributed by atoms with Gasteiger partial charge in [0, 0.05) is 31.7 Å². The Bertz CT molecular complexity index is 132. The summed E-state index contributed by atoms with van der Waals surface area (Å²) in [5.74, 6) is 0.634. The maximum atomic E-state index is 5.92. The Labute approximate surface area is 112 Å². The van der Waals surface area contributed by atoms with Crippen molar-refractivity contribution < 1.29 is 13.3 Å². The molecule has 0 fully saturated rings. The molecule has 0 unspecified atom stereocenters. The fourth-order valence-corrected chi connectivity index (χ4v) is 4.59. The molecule has 3 nitrogen and oxygen atoms in total. The fraction of sp³-hybridized carbons (Fsp3) is 1.00. The molecule has 0 aliphatic carbocycles. The molecule has 0 aromatic heterocycles. The topological polar surface area (TPSA) is 27.7 Å². The van der Waals surface area contributed by atoms with Crippen LogP contribution >= 0.6 is 11.6 Å². The van der Waals surface area contributed by atoms with E-state index >= 15 is 0 Å². The molecule has 5 heteroatoms. The molecule has 0 saturated carbocycles. The van der Waals surface area contributed by atoms with Gasteiger partial charge in [0.25, 0.3) is 0 Å². The first kappa shape index (κ1) is 17.4. The molecule has 104 valence electrons. The van der Waals surface area contributed by atoms with Gasteiger partial charge in [-0.2, -0.15) is 0 Å². The molecule has 0 aliphatic rings. The third kappa shape index (κ3) is 8.16. The van der Waals surface area contributed by atoms with Crippen LogP contribution < -0.4 is 0 Å². The molecule has 0 amide bonds. The zero-order valence-corrected chi connectivity index (χ0v) is 13.2. The maximum Gasteiger partial charge on any atom is 0.500 e. The minimum absolute atomic E-state index is 0.634. The zero-order valence-electron chi connectivity index (χ0n) is 11.5. The van der Waals surface area contributed by atoms with E-state index in [-0.39, 0.29) is 0 Å². The van der Waals surface area contributed by atoms with Crippen LogP contribution in [0.5, 0.6) is 0 Å². The molecule has 0 aromatic carbocycles. The molecule has 0 atom stereocenters. The molecule has 0 radical (unpaired) electrons. The van der Waals surface area contributed by atoms with E-state index in [9.17, 15) is 0 Å². The SMILES string of the molecule is CCCO[Si](CCCCl)(OCCC)OCCC. The molecule has 0 N–H and O–H groups in total. The van der Waals surface area contributed by atoms with Gasteiger partial charge in [0.1, 0.15) is 0 Å². The quantitative estimate of drug-likeness (QED) is 0.402. The van der Waals surface area contributed by atoms with Crippen molar-refractivity contribution in [3.8, 4) is 0 Å². The second-order valence-corrected chi connectivity index (χ2v) is 7.13. The van der Waals surface area contributed by atoms with E-state index in [4.69, 9.17) is 24.9 Å². The highest BCUT2D eigenvalue weighted by molar-refractivity contribution is 6.60. The van der Waals surface area contributed by atoms with Crippen LogP contribution in [0.25, 0.3) is 0 Å². The summed E-state index contributed by atoms with van der Waals surface area (Å²) in [6, 6.07) is 0.830. The van der Waals surface area contributed by atoms with E-state index in [1.165, 1.54) is 0 Å².